The number of aromatic nitrogens is 3. The van der Waals surface area contributed by atoms with Gasteiger partial charge in [0.15, 0.2) is 0 Å². The van der Waals surface area contributed by atoms with Crippen LogP contribution in [0.2, 0.25) is 0 Å². The first-order valence-corrected chi connectivity index (χ1v) is 8.51. The summed E-state index contributed by atoms with van der Waals surface area (Å²) in [6.45, 7) is 0.606. The molecule has 2 aromatic heterocycles. The summed E-state index contributed by atoms with van der Waals surface area (Å²) < 4.78 is 2.89. The summed E-state index contributed by atoms with van der Waals surface area (Å²) in [5.41, 5.74) is 1.81. The molecule has 0 amide bonds. The number of rotatable bonds is 4. The molecule has 6 nitrogen and oxygen atoms in total. The largest absolute Gasteiger partial charge is 0.336 e. The highest BCUT2D eigenvalue weighted by Gasteiger charge is 2.17. The number of hydrogen-bond donors (Lipinski definition) is 1. The zero-order valence-corrected chi connectivity index (χ0v) is 14.4. The third kappa shape index (κ3) is 3.07. The van der Waals surface area contributed by atoms with Crippen LogP contribution in [-0.2, 0) is 13.1 Å². The van der Waals surface area contributed by atoms with E-state index in [9.17, 15) is 14.9 Å². The maximum absolute atomic E-state index is 13.1. The van der Waals surface area contributed by atoms with Crippen LogP contribution in [0.5, 0.6) is 0 Å². The predicted molar refractivity (Wildman–Crippen MR) is 103 cm³/mol. The summed E-state index contributed by atoms with van der Waals surface area (Å²) >= 11 is 0. The Bertz CT molecular complexity index is 1260. The lowest BCUT2D eigenvalue weighted by Gasteiger charge is -2.08. The van der Waals surface area contributed by atoms with E-state index in [1.54, 1.807) is 10.8 Å². The van der Waals surface area contributed by atoms with E-state index < -0.39 is 11.2 Å². The second-order valence-electron chi connectivity index (χ2n) is 6.30. The highest BCUT2D eigenvalue weighted by molar-refractivity contribution is 5.81. The summed E-state index contributed by atoms with van der Waals surface area (Å²) in [4.78, 5) is 28.3. The van der Waals surface area contributed by atoms with E-state index in [4.69, 9.17) is 0 Å². The van der Waals surface area contributed by atoms with E-state index in [1.807, 2.05) is 60.7 Å². The van der Waals surface area contributed by atoms with Crippen molar-refractivity contribution in [2.24, 2.45) is 0 Å². The van der Waals surface area contributed by atoms with Crippen molar-refractivity contribution in [3.63, 3.8) is 0 Å². The van der Waals surface area contributed by atoms with Crippen molar-refractivity contribution in [3.05, 3.63) is 104 Å². The van der Waals surface area contributed by atoms with Crippen LogP contribution >= 0.6 is 0 Å². The highest BCUT2D eigenvalue weighted by Crippen LogP contribution is 2.16. The van der Waals surface area contributed by atoms with Crippen LogP contribution in [0, 0.1) is 11.3 Å². The first-order valence-electron chi connectivity index (χ1n) is 8.51. The molecule has 0 aliphatic rings. The molecule has 0 atom stereocenters. The van der Waals surface area contributed by atoms with Gasteiger partial charge >= 0.3 is 5.69 Å². The minimum absolute atomic E-state index is 0.170. The van der Waals surface area contributed by atoms with E-state index >= 15 is 0 Å². The van der Waals surface area contributed by atoms with Gasteiger partial charge in [-0.05, 0) is 11.1 Å². The molecule has 2 heterocycles. The van der Waals surface area contributed by atoms with Crippen LogP contribution in [0.3, 0.4) is 0 Å². The van der Waals surface area contributed by atoms with Crippen molar-refractivity contribution < 1.29 is 0 Å². The Balaban J connectivity index is 1.90. The third-order valence-corrected chi connectivity index (χ3v) is 4.50. The number of hydrogen-bond acceptors (Lipinski definition) is 3. The first-order chi connectivity index (χ1) is 13.2. The molecule has 0 unspecified atom stereocenters. The quantitative estimate of drug-likeness (QED) is 0.610. The van der Waals surface area contributed by atoms with E-state index in [-0.39, 0.29) is 17.6 Å². The zero-order valence-electron chi connectivity index (χ0n) is 14.4. The Kier molecular flexibility index (Phi) is 4.19. The number of H-pyrrole nitrogens is 1. The maximum atomic E-state index is 13.1. The van der Waals surface area contributed by atoms with Gasteiger partial charge in [-0.1, -0.05) is 60.7 Å². The molecule has 2 aromatic carbocycles. The van der Waals surface area contributed by atoms with E-state index in [0.29, 0.717) is 12.1 Å². The van der Waals surface area contributed by atoms with Gasteiger partial charge in [0.1, 0.15) is 11.6 Å². The van der Waals surface area contributed by atoms with Gasteiger partial charge in [0.25, 0.3) is 5.56 Å². The summed E-state index contributed by atoms with van der Waals surface area (Å²) in [7, 11) is 0. The van der Waals surface area contributed by atoms with Crippen molar-refractivity contribution in [2.75, 3.05) is 0 Å². The van der Waals surface area contributed by atoms with Gasteiger partial charge in [0.05, 0.1) is 17.6 Å². The van der Waals surface area contributed by atoms with Gasteiger partial charge in [0, 0.05) is 12.7 Å². The molecule has 1 N–H and O–H groups in total. The molecule has 0 saturated heterocycles. The highest BCUT2D eigenvalue weighted by atomic mass is 16.2. The molecule has 0 aliphatic heterocycles. The standard InChI is InChI=1S/C21H16N4O2/c22-11-17-14-24(12-15-7-3-1-4-8-15)19-18(17)23-21(27)25(20(19)26)13-16-9-5-2-6-10-16/h1-10,14H,12-13H2,(H,23,27). The lowest BCUT2D eigenvalue weighted by atomic mass is 10.2. The molecular formula is C21H16N4O2. The molecule has 4 rings (SSSR count). The molecule has 0 bridgehead atoms. The topological polar surface area (TPSA) is 83.6 Å². The minimum Gasteiger partial charge on any atom is -0.336 e. The van der Waals surface area contributed by atoms with Crippen molar-refractivity contribution in [1.82, 2.24) is 14.1 Å². The molecule has 0 radical (unpaired) electrons. The Labute approximate surface area is 154 Å². The summed E-state index contributed by atoms with van der Waals surface area (Å²) in [6.07, 6.45) is 1.61. The zero-order chi connectivity index (χ0) is 18.8. The minimum atomic E-state index is -0.523. The number of nitrogens with one attached hydrogen (secondary N) is 1. The van der Waals surface area contributed by atoms with Crippen molar-refractivity contribution in [1.29, 1.82) is 5.26 Å². The normalized spacial score (nSPS) is 10.8. The lowest BCUT2D eigenvalue weighted by molar-refractivity contribution is 0.702. The third-order valence-electron chi connectivity index (χ3n) is 4.50. The van der Waals surface area contributed by atoms with Crippen molar-refractivity contribution in [3.8, 4) is 6.07 Å². The Morgan fingerprint density at radius 2 is 1.48 bits per heavy atom. The van der Waals surface area contributed by atoms with Crippen LogP contribution in [0.1, 0.15) is 16.7 Å². The first kappa shape index (κ1) is 16.6. The van der Waals surface area contributed by atoms with E-state index in [1.165, 1.54) is 4.57 Å². The van der Waals surface area contributed by atoms with Gasteiger partial charge in [-0.3, -0.25) is 9.36 Å². The number of nitrogens with zero attached hydrogens (tertiary/aromatic N) is 3. The van der Waals surface area contributed by atoms with Crippen molar-refractivity contribution in [2.45, 2.75) is 13.1 Å². The van der Waals surface area contributed by atoms with Gasteiger partial charge in [0.2, 0.25) is 0 Å². The van der Waals surface area contributed by atoms with Crippen LogP contribution in [0.4, 0.5) is 0 Å². The van der Waals surface area contributed by atoms with Crippen LogP contribution in [-0.4, -0.2) is 14.1 Å². The second-order valence-corrected chi connectivity index (χ2v) is 6.30. The van der Waals surface area contributed by atoms with E-state index in [2.05, 4.69) is 11.1 Å². The fraction of sp³-hybridized carbons (Fsp3) is 0.0952. The summed E-state index contributed by atoms with van der Waals surface area (Å²) in [5.74, 6) is 0. The lowest BCUT2D eigenvalue weighted by Crippen LogP contribution is -2.36. The summed E-state index contributed by atoms with van der Waals surface area (Å²) in [5, 5.41) is 9.41. The Morgan fingerprint density at radius 1 is 0.889 bits per heavy atom. The van der Waals surface area contributed by atoms with E-state index in [0.717, 1.165) is 11.1 Å². The molecule has 0 saturated carbocycles. The number of benzene rings is 2. The average Bonchev–Trinajstić information content (AvgIpc) is 3.04. The second kappa shape index (κ2) is 6.81. The predicted octanol–water partition coefficient (Wildman–Crippen LogP) is 2.46. The molecule has 6 heteroatoms. The van der Waals surface area contributed by atoms with Gasteiger partial charge in [-0.15, -0.1) is 0 Å². The fourth-order valence-electron chi connectivity index (χ4n) is 3.21. The molecule has 27 heavy (non-hydrogen) atoms. The number of aromatic amines is 1. The maximum Gasteiger partial charge on any atom is 0.329 e. The number of nitriles is 1. The van der Waals surface area contributed by atoms with Gasteiger partial charge < -0.3 is 9.55 Å². The molecule has 132 valence electrons. The molecule has 0 aliphatic carbocycles. The van der Waals surface area contributed by atoms with Crippen LogP contribution in [0.25, 0.3) is 11.0 Å². The van der Waals surface area contributed by atoms with Gasteiger partial charge in [-0.2, -0.15) is 5.26 Å². The molecule has 4 aromatic rings. The Hall–Kier alpha value is -3.85. The SMILES string of the molecule is N#Cc1cn(Cc2ccccc2)c2c(=O)n(Cc3ccccc3)c(=O)[nH]c12. The monoisotopic (exact) mass is 356 g/mol. The van der Waals surface area contributed by atoms with Crippen LogP contribution < -0.4 is 11.2 Å². The Morgan fingerprint density at radius 3 is 2.07 bits per heavy atom. The molecule has 0 spiro atoms. The smallest absolute Gasteiger partial charge is 0.329 e. The molecular weight excluding hydrogens is 340 g/mol. The average molecular weight is 356 g/mol. The van der Waals surface area contributed by atoms with Crippen molar-refractivity contribution >= 4 is 11.0 Å². The van der Waals surface area contributed by atoms with Gasteiger partial charge in [-0.25, -0.2) is 4.79 Å². The number of fused-ring (bicyclic) bond motifs is 1. The molecule has 0 fully saturated rings. The van der Waals surface area contributed by atoms with Crippen LogP contribution in [0.15, 0.2) is 76.4 Å². The summed E-state index contributed by atoms with van der Waals surface area (Å²) in [6, 6.07) is 21.0. The fourth-order valence-corrected chi connectivity index (χ4v) is 3.21.